The molecule has 3 aromatic rings. The zero-order valence-corrected chi connectivity index (χ0v) is 25.7. The lowest BCUT2D eigenvalue weighted by Gasteiger charge is -2.39. The Hall–Kier alpha value is -4.00. The van der Waals surface area contributed by atoms with Gasteiger partial charge >= 0.3 is 0 Å². The van der Waals surface area contributed by atoms with Crippen LogP contribution in [0.4, 0.5) is 5.69 Å². The van der Waals surface area contributed by atoms with E-state index in [1.54, 1.807) is 25.8 Å². The molecule has 3 aromatic carbocycles. The van der Waals surface area contributed by atoms with Crippen molar-refractivity contribution in [2.75, 3.05) is 32.6 Å². The quantitative estimate of drug-likeness (QED) is 0.172. The molecule has 2 amide bonds. The summed E-state index contributed by atoms with van der Waals surface area (Å²) in [6.45, 7) is 2.32. The van der Waals surface area contributed by atoms with E-state index in [4.69, 9.17) is 24.2 Å². The van der Waals surface area contributed by atoms with E-state index in [-0.39, 0.29) is 37.6 Å². The van der Waals surface area contributed by atoms with Gasteiger partial charge in [-0.05, 0) is 59.4 Å². The van der Waals surface area contributed by atoms with Gasteiger partial charge in [-0.1, -0.05) is 36.4 Å². The Labute approximate surface area is 263 Å². The molecule has 240 valence electrons. The number of ether oxygens (including phenoxy) is 4. The molecule has 0 spiro atoms. The van der Waals surface area contributed by atoms with Crippen molar-refractivity contribution < 1.29 is 38.9 Å². The first-order chi connectivity index (χ1) is 21.9. The number of fused-ring (bicyclic) bond motifs is 1. The maximum absolute atomic E-state index is 12.5. The van der Waals surface area contributed by atoms with Gasteiger partial charge in [0.1, 0.15) is 0 Å². The fourth-order valence-corrected chi connectivity index (χ4v) is 5.87. The van der Waals surface area contributed by atoms with Crippen LogP contribution in [0.2, 0.25) is 0 Å². The van der Waals surface area contributed by atoms with Crippen molar-refractivity contribution in [2.45, 2.75) is 63.8 Å². The number of aliphatic hydroxyl groups excluding tert-OH is 1. The van der Waals surface area contributed by atoms with Gasteiger partial charge in [0.15, 0.2) is 17.8 Å². The molecular weight excluding hydrogens is 578 g/mol. The number of benzene rings is 3. The number of amides is 2. The number of aliphatic hydroxyl groups is 1. The third-order valence-electron chi connectivity index (χ3n) is 8.25. The summed E-state index contributed by atoms with van der Waals surface area (Å²) in [4.78, 5) is 26.1. The molecule has 1 saturated heterocycles. The van der Waals surface area contributed by atoms with Crippen LogP contribution in [0.1, 0.15) is 65.9 Å². The summed E-state index contributed by atoms with van der Waals surface area (Å²) in [6, 6.07) is 19.3. The van der Waals surface area contributed by atoms with Crippen molar-refractivity contribution in [3.8, 4) is 11.5 Å². The summed E-state index contributed by atoms with van der Waals surface area (Å²) < 4.78 is 24.1. The van der Waals surface area contributed by atoms with Crippen molar-refractivity contribution in [1.29, 1.82) is 0 Å². The Morgan fingerprint density at radius 3 is 2.38 bits per heavy atom. The summed E-state index contributed by atoms with van der Waals surface area (Å²) in [5.41, 5.74) is 7.24. The molecule has 4 N–H and O–H groups in total. The number of rotatable bonds is 12. The highest BCUT2D eigenvalue weighted by Crippen LogP contribution is 2.39. The van der Waals surface area contributed by atoms with Gasteiger partial charge in [-0.3, -0.25) is 19.7 Å². The molecule has 11 heteroatoms. The number of anilines is 1. The van der Waals surface area contributed by atoms with Crippen molar-refractivity contribution >= 4 is 17.5 Å². The van der Waals surface area contributed by atoms with Crippen LogP contribution in [0.3, 0.4) is 0 Å². The Kier molecular flexibility index (Phi) is 11.0. The molecule has 2 aliphatic rings. The largest absolute Gasteiger partial charge is 0.493 e. The van der Waals surface area contributed by atoms with Crippen LogP contribution in [0.15, 0.2) is 60.7 Å². The minimum atomic E-state index is -0.669. The highest BCUT2D eigenvalue weighted by molar-refractivity contribution is 5.91. The molecule has 2 heterocycles. The van der Waals surface area contributed by atoms with E-state index in [1.807, 2.05) is 42.5 Å². The summed E-state index contributed by atoms with van der Waals surface area (Å²) in [6.07, 6.45) is 1.01. The Bertz CT molecular complexity index is 1460. The summed E-state index contributed by atoms with van der Waals surface area (Å²) in [7, 11) is 3.30. The average molecular weight is 620 g/mol. The second kappa shape index (κ2) is 15.3. The minimum absolute atomic E-state index is 0.0274. The highest BCUT2D eigenvalue weighted by atomic mass is 16.7. The Balaban J connectivity index is 1.31. The number of nitrogens with one attached hydrogen (secondary N) is 2. The highest BCUT2D eigenvalue weighted by Gasteiger charge is 2.34. The number of hydrogen-bond donors (Lipinski definition) is 4. The van der Waals surface area contributed by atoms with Gasteiger partial charge in [-0.2, -0.15) is 0 Å². The van der Waals surface area contributed by atoms with Crippen LogP contribution < -0.4 is 20.3 Å². The average Bonchev–Trinajstić information content (AvgIpc) is 3.07. The number of hydroxylamine groups is 1. The van der Waals surface area contributed by atoms with Crippen LogP contribution >= 0.6 is 0 Å². The molecule has 0 unspecified atom stereocenters. The smallest absolute Gasteiger partial charge is 0.243 e. The van der Waals surface area contributed by atoms with E-state index in [2.05, 4.69) is 22.3 Å². The van der Waals surface area contributed by atoms with Crippen LogP contribution in [-0.2, 0) is 38.6 Å². The maximum atomic E-state index is 12.5. The van der Waals surface area contributed by atoms with Crippen molar-refractivity contribution in [1.82, 2.24) is 10.4 Å². The first kappa shape index (κ1) is 32.4. The second-order valence-electron chi connectivity index (χ2n) is 11.4. The molecule has 0 bridgehead atoms. The van der Waals surface area contributed by atoms with Crippen molar-refractivity contribution in [2.24, 2.45) is 0 Å². The monoisotopic (exact) mass is 619 g/mol. The number of nitrogens with zero attached hydrogens (tertiary/aromatic N) is 1. The normalized spacial score (nSPS) is 19.8. The number of hydrogen-bond acceptors (Lipinski definition) is 9. The standard InChI is InChI=1S/C34H41N3O8/c1-42-30-16-24-13-14-37(19-26(24)17-31(30)43-2)20-28-18-29(23-11-9-22(21-38)10-12-23)45-34(44-28)25-5-3-6-27(15-25)35-32(39)7-4-8-33(40)36-41/h3,5-6,9-12,15-17,28-29,34,38,41H,4,7-8,13-14,18-21H2,1-2H3,(H,35,39)(H,36,40)/t28-,29+,34+/m0/s1. The summed E-state index contributed by atoms with van der Waals surface area (Å²) in [5.74, 6) is 0.695. The predicted molar refractivity (Wildman–Crippen MR) is 166 cm³/mol. The van der Waals surface area contributed by atoms with E-state index in [0.29, 0.717) is 25.1 Å². The summed E-state index contributed by atoms with van der Waals surface area (Å²) >= 11 is 0. The van der Waals surface area contributed by atoms with E-state index in [9.17, 15) is 14.7 Å². The molecule has 11 nitrogen and oxygen atoms in total. The van der Waals surface area contributed by atoms with Crippen LogP contribution in [0.5, 0.6) is 11.5 Å². The maximum Gasteiger partial charge on any atom is 0.243 e. The fourth-order valence-electron chi connectivity index (χ4n) is 5.87. The van der Waals surface area contributed by atoms with Gasteiger partial charge < -0.3 is 29.4 Å². The summed E-state index contributed by atoms with van der Waals surface area (Å²) in [5, 5.41) is 21.1. The molecule has 0 aromatic heterocycles. The molecule has 1 fully saturated rings. The first-order valence-corrected chi connectivity index (χ1v) is 15.2. The molecule has 0 radical (unpaired) electrons. The van der Waals surface area contributed by atoms with Gasteiger partial charge in [0.05, 0.1) is 33.0 Å². The minimum Gasteiger partial charge on any atom is -0.493 e. The Morgan fingerprint density at radius 2 is 1.67 bits per heavy atom. The van der Waals surface area contributed by atoms with Gasteiger partial charge in [-0.15, -0.1) is 0 Å². The third-order valence-corrected chi connectivity index (χ3v) is 8.25. The third kappa shape index (κ3) is 8.38. The molecule has 5 rings (SSSR count). The zero-order chi connectivity index (χ0) is 31.8. The molecular formula is C34H41N3O8. The van der Waals surface area contributed by atoms with E-state index in [1.165, 1.54) is 11.1 Å². The van der Waals surface area contributed by atoms with Crippen molar-refractivity contribution in [3.05, 3.63) is 88.5 Å². The molecule has 2 aliphatic heterocycles. The van der Waals surface area contributed by atoms with E-state index >= 15 is 0 Å². The Morgan fingerprint density at radius 1 is 0.933 bits per heavy atom. The number of methoxy groups -OCH3 is 2. The molecule has 3 atom stereocenters. The van der Waals surface area contributed by atoms with Crippen molar-refractivity contribution in [3.63, 3.8) is 0 Å². The van der Waals surface area contributed by atoms with Gasteiger partial charge in [0, 0.05) is 50.1 Å². The van der Waals surface area contributed by atoms with Gasteiger partial charge in [0.2, 0.25) is 11.8 Å². The molecule has 45 heavy (non-hydrogen) atoms. The lowest BCUT2D eigenvalue weighted by molar-refractivity contribution is -0.253. The van der Waals surface area contributed by atoms with E-state index < -0.39 is 12.2 Å². The molecule has 0 saturated carbocycles. The van der Waals surface area contributed by atoms with Crippen LogP contribution in [-0.4, -0.2) is 60.4 Å². The lowest BCUT2D eigenvalue weighted by Crippen LogP contribution is -2.41. The second-order valence-corrected chi connectivity index (χ2v) is 11.4. The van der Waals surface area contributed by atoms with Gasteiger partial charge in [-0.25, -0.2) is 5.48 Å². The van der Waals surface area contributed by atoms with E-state index in [0.717, 1.165) is 47.7 Å². The zero-order valence-electron chi connectivity index (χ0n) is 25.7. The first-order valence-electron chi connectivity index (χ1n) is 15.2. The molecule has 0 aliphatic carbocycles. The fraction of sp³-hybridized carbons (Fsp3) is 0.412. The number of carbonyl (C=O) groups excluding carboxylic acids is 2. The van der Waals surface area contributed by atoms with Crippen LogP contribution in [0, 0.1) is 0 Å². The SMILES string of the molecule is COc1cc2c(cc1OC)CN(C[C@@H]1C[C@H](c3ccc(CO)cc3)O[C@H](c3cccc(NC(=O)CCCC(=O)NO)c3)O1)CC2. The van der Waals surface area contributed by atoms with Gasteiger partial charge in [0.25, 0.3) is 0 Å². The van der Waals surface area contributed by atoms with Crippen LogP contribution in [0.25, 0.3) is 0 Å². The predicted octanol–water partition coefficient (Wildman–Crippen LogP) is 4.41. The topological polar surface area (TPSA) is 139 Å². The lowest BCUT2D eigenvalue weighted by atomic mass is 9.97. The number of carbonyl (C=O) groups is 2.